The third kappa shape index (κ3) is 7.98. The normalized spacial score (nSPS) is 15.8. The Morgan fingerprint density at radius 3 is 2.00 bits per heavy atom. The summed E-state index contributed by atoms with van der Waals surface area (Å²) in [5.41, 5.74) is 0.859. The molecule has 0 aromatic heterocycles. The number of carbonyl (C=O) groups is 2. The summed E-state index contributed by atoms with van der Waals surface area (Å²) in [4.78, 5) is 24.1. The van der Waals surface area contributed by atoms with E-state index in [1.165, 1.54) is 0 Å². The molecule has 140 valence electrons. The van der Waals surface area contributed by atoms with Crippen LogP contribution in [-0.2, 0) is 9.59 Å². The van der Waals surface area contributed by atoms with Crippen molar-refractivity contribution in [3.63, 3.8) is 0 Å². The minimum Gasteiger partial charge on any atom is -0.353 e. The van der Waals surface area contributed by atoms with Crippen molar-refractivity contribution < 1.29 is 9.59 Å². The van der Waals surface area contributed by atoms with Gasteiger partial charge >= 0.3 is 0 Å². The van der Waals surface area contributed by atoms with Gasteiger partial charge in [0.25, 0.3) is 0 Å². The van der Waals surface area contributed by atoms with Crippen molar-refractivity contribution in [3.05, 3.63) is 11.6 Å². The molecule has 0 spiro atoms. The monoisotopic (exact) mass is 338 g/mol. The molecule has 0 rings (SSSR count). The number of hydrogen-bond acceptors (Lipinski definition) is 2. The van der Waals surface area contributed by atoms with Crippen LogP contribution in [0.4, 0.5) is 0 Å². The molecule has 0 bridgehead atoms. The number of amides is 2. The Labute approximate surface area is 148 Å². The fraction of sp³-hybridized carbons (Fsp3) is 0.800. The molecule has 3 atom stereocenters. The van der Waals surface area contributed by atoms with Crippen LogP contribution in [0.25, 0.3) is 0 Å². The fourth-order valence-electron chi connectivity index (χ4n) is 3.09. The lowest BCUT2D eigenvalue weighted by molar-refractivity contribution is -0.122. The van der Waals surface area contributed by atoms with Crippen LogP contribution in [0.3, 0.4) is 0 Å². The van der Waals surface area contributed by atoms with E-state index in [0.717, 1.165) is 31.3 Å². The van der Waals surface area contributed by atoms with E-state index in [4.69, 9.17) is 0 Å². The summed E-state index contributed by atoms with van der Waals surface area (Å²) in [6.07, 6.45) is 5.94. The SMILES string of the molecule is CC/C=C(\CC)C(=O)NC(C)[C@H](CC(CC)NC(=O)CC)C(C)C. The molecule has 0 saturated carbocycles. The molecule has 4 nitrogen and oxygen atoms in total. The van der Waals surface area contributed by atoms with E-state index in [1.807, 2.05) is 26.8 Å². The lowest BCUT2D eigenvalue weighted by atomic mass is 9.83. The lowest BCUT2D eigenvalue weighted by Gasteiger charge is -2.32. The van der Waals surface area contributed by atoms with Crippen molar-refractivity contribution in [3.8, 4) is 0 Å². The van der Waals surface area contributed by atoms with Crippen molar-refractivity contribution in [1.82, 2.24) is 10.6 Å². The average molecular weight is 339 g/mol. The van der Waals surface area contributed by atoms with Gasteiger partial charge in [0.15, 0.2) is 0 Å². The molecule has 0 radical (unpaired) electrons. The van der Waals surface area contributed by atoms with Gasteiger partial charge in [0.2, 0.25) is 11.8 Å². The van der Waals surface area contributed by atoms with Gasteiger partial charge in [-0.2, -0.15) is 0 Å². The predicted octanol–water partition coefficient (Wildman–Crippen LogP) is 4.20. The number of rotatable bonds is 11. The Kier molecular flexibility index (Phi) is 11.4. The zero-order valence-electron chi connectivity index (χ0n) is 16.7. The second-order valence-electron chi connectivity index (χ2n) is 6.92. The molecule has 24 heavy (non-hydrogen) atoms. The molecule has 0 aliphatic carbocycles. The molecule has 0 heterocycles. The topological polar surface area (TPSA) is 58.2 Å². The summed E-state index contributed by atoms with van der Waals surface area (Å²) in [5, 5.41) is 6.28. The third-order valence-electron chi connectivity index (χ3n) is 4.72. The molecule has 0 saturated heterocycles. The van der Waals surface area contributed by atoms with Gasteiger partial charge in [0, 0.05) is 24.1 Å². The highest BCUT2D eigenvalue weighted by atomic mass is 16.2. The molecule has 2 unspecified atom stereocenters. The Bertz CT molecular complexity index is 416. The van der Waals surface area contributed by atoms with Crippen LogP contribution < -0.4 is 10.6 Å². The molecular weight excluding hydrogens is 300 g/mol. The second-order valence-corrected chi connectivity index (χ2v) is 6.92. The minimum atomic E-state index is 0.0446. The van der Waals surface area contributed by atoms with E-state index in [1.54, 1.807) is 0 Å². The van der Waals surface area contributed by atoms with E-state index in [-0.39, 0.29) is 23.9 Å². The molecule has 0 fully saturated rings. The first-order chi connectivity index (χ1) is 11.3. The summed E-state index contributed by atoms with van der Waals surface area (Å²) in [6, 6.07) is 0.248. The molecule has 2 N–H and O–H groups in total. The fourth-order valence-corrected chi connectivity index (χ4v) is 3.09. The summed E-state index contributed by atoms with van der Waals surface area (Å²) in [7, 11) is 0. The summed E-state index contributed by atoms with van der Waals surface area (Å²) >= 11 is 0. The van der Waals surface area contributed by atoms with Crippen molar-refractivity contribution >= 4 is 11.8 Å². The minimum absolute atomic E-state index is 0.0446. The maximum atomic E-state index is 12.4. The van der Waals surface area contributed by atoms with Gasteiger partial charge in [-0.05, 0) is 44.4 Å². The predicted molar refractivity (Wildman–Crippen MR) is 102 cm³/mol. The van der Waals surface area contributed by atoms with Gasteiger partial charge in [0.05, 0.1) is 0 Å². The Balaban J connectivity index is 4.94. The van der Waals surface area contributed by atoms with E-state index >= 15 is 0 Å². The van der Waals surface area contributed by atoms with E-state index in [9.17, 15) is 9.59 Å². The molecule has 0 aliphatic heterocycles. The second kappa shape index (κ2) is 12.1. The average Bonchev–Trinajstić information content (AvgIpc) is 2.55. The maximum Gasteiger partial charge on any atom is 0.247 e. The van der Waals surface area contributed by atoms with E-state index in [0.29, 0.717) is 18.3 Å². The first-order valence-electron chi connectivity index (χ1n) is 9.59. The number of carbonyl (C=O) groups excluding carboxylic acids is 2. The highest BCUT2D eigenvalue weighted by molar-refractivity contribution is 5.93. The highest BCUT2D eigenvalue weighted by Crippen LogP contribution is 2.23. The summed E-state index contributed by atoms with van der Waals surface area (Å²) in [6.45, 7) is 14.5. The van der Waals surface area contributed by atoms with Crippen LogP contribution in [0.5, 0.6) is 0 Å². The largest absolute Gasteiger partial charge is 0.353 e. The van der Waals surface area contributed by atoms with E-state index in [2.05, 4.69) is 38.3 Å². The van der Waals surface area contributed by atoms with Crippen LogP contribution in [0.2, 0.25) is 0 Å². The van der Waals surface area contributed by atoms with Crippen LogP contribution in [0.15, 0.2) is 11.6 Å². The smallest absolute Gasteiger partial charge is 0.247 e. The third-order valence-corrected chi connectivity index (χ3v) is 4.72. The zero-order chi connectivity index (χ0) is 18.7. The highest BCUT2D eigenvalue weighted by Gasteiger charge is 2.26. The Morgan fingerprint density at radius 2 is 1.58 bits per heavy atom. The molecule has 0 aromatic rings. The standard InChI is InChI=1S/C20H38N2O2/c1-8-12-16(9-2)20(24)21-15(7)18(14(5)6)13-17(10-3)22-19(23)11-4/h12,14-15,17-18H,8-11,13H2,1-7H3,(H,21,24)(H,22,23)/b16-12+/t15?,17?,18-/m1/s1. The van der Waals surface area contributed by atoms with Gasteiger partial charge in [-0.25, -0.2) is 0 Å². The molecule has 2 amide bonds. The van der Waals surface area contributed by atoms with Gasteiger partial charge < -0.3 is 10.6 Å². The molecule has 0 aliphatic rings. The van der Waals surface area contributed by atoms with Gasteiger partial charge in [-0.15, -0.1) is 0 Å². The molecule has 4 heteroatoms. The van der Waals surface area contributed by atoms with E-state index < -0.39 is 0 Å². The van der Waals surface area contributed by atoms with Gasteiger partial charge in [-0.3, -0.25) is 9.59 Å². The van der Waals surface area contributed by atoms with Crippen molar-refractivity contribution in [1.29, 1.82) is 0 Å². The van der Waals surface area contributed by atoms with Crippen LogP contribution in [0, 0.1) is 11.8 Å². The quantitative estimate of drug-likeness (QED) is 0.555. The summed E-state index contributed by atoms with van der Waals surface area (Å²) in [5.74, 6) is 0.909. The zero-order valence-corrected chi connectivity index (χ0v) is 16.7. The van der Waals surface area contributed by atoms with Gasteiger partial charge in [-0.1, -0.05) is 47.6 Å². The summed E-state index contributed by atoms with van der Waals surface area (Å²) < 4.78 is 0. The Hall–Kier alpha value is -1.32. The van der Waals surface area contributed by atoms with Crippen molar-refractivity contribution in [2.24, 2.45) is 11.8 Å². The first kappa shape index (κ1) is 22.7. The number of allylic oxidation sites excluding steroid dienone is 1. The first-order valence-corrected chi connectivity index (χ1v) is 9.59. The van der Waals surface area contributed by atoms with Gasteiger partial charge in [0.1, 0.15) is 0 Å². The number of hydrogen-bond donors (Lipinski definition) is 2. The number of nitrogens with one attached hydrogen (secondary N) is 2. The maximum absolute atomic E-state index is 12.4. The van der Waals surface area contributed by atoms with Crippen LogP contribution >= 0.6 is 0 Å². The molecular formula is C20H38N2O2. The van der Waals surface area contributed by atoms with Crippen LogP contribution in [-0.4, -0.2) is 23.9 Å². The lowest BCUT2D eigenvalue weighted by Crippen LogP contribution is -2.44. The van der Waals surface area contributed by atoms with Crippen molar-refractivity contribution in [2.75, 3.05) is 0 Å². The van der Waals surface area contributed by atoms with Crippen molar-refractivity contribution in [2.45, 2.75) is 92.7 Å². The van der Waals surface area contributed by atoms with Crippen LogP contribution in [0.1, 0.15) is 80.6 Å². The Morgan fingerprint density at radius 1 is 0.958 bits per heavy atom. The molecule has 0 aromatic carbocycles.